The maximum atomic E-state index is 12.9. The lowest BCUT2D eigenvalue weighted by molar-refractivity contribution is -0.132. The molecule has 3 heteroatoms. The second-order valence-electron chi connectivity index (χ2n) is 6.76. The van der Waals surface area contributed by atoms with E-state index < -0.39 is 0 Å². The zero-order chi connectivity index (χ0) is 15.3. The van der Waals surface area contributed by atoms with Crippen LogP contribution in [0.3, 0.4) is 0 Å². The van der Waals surface area contributed by atoms with Gasteiger partial charge in [0.1, 0.15) is 0 Å². The number of amides is 1. The Balaban J connectivity index is 2.10. The van der Waals surface area contributed by atoms with Crippen molar-refractivity contribution < 1.29 is 4.79 Å². The van der Waals surface area contributed by atoms with Crippen LogP contribution in [-0.4, -0.2) is 12.5 Å². The van der Waals surface area contributed by atoms with Crippen LogP contribution in [0.2, 0.25) is 0 Å². The lowest BCUT2D eigenvalue weighted by atomic mass is 9.77. The van der Waals surface area contributed by atoms with Crippen LogP contribution in [0.5, 0.6) is 0 Å². The highest BCUT2D eigenvalue weighted by Gasteiger charge is 2.41. The number of nitrogens with two attached hydrogens (primary N) is 1. The Morgan fingerprint density at radius 3 is 2.38 bits per heavy atom. The van der Waals surface area contributed by atoms with Gasteiger partial charge in [-0.1, -0.05) is 57.0 Å². The van der Waals surface area contributed by atoms with E-state index in [1.165, 1.54) is 12.8 Å². The number of rotatable bonds is 6. The summed E-state index contributed by atoms with van der Waals surface area (Å²) < 4.78 is 0. The van der Waals surface area contributed by atoms with Gasteiger partial charge in [-0.25, -0.2) is 0 Å². The predicted octanol–water partition coefficient (Wildman–Crippen LogP) is 3.41. The molecule has 3 N–H and O–H groups in total. The van der Waals surface area contributed by atoms with Gasteiger partial charge >= 0.3 is 0 Å². The van der Waals surface area contributed by atoms with Crippen molar-refractivity contribution >= 4 is 5.91 Å². The molecule has 0 saturated heterocycles. The van der Waals surface area contributed by atoms with Crippen LogP contribution in [0.15, 0.2) is 30.3 Å². The van der Waals surface area contributed by atoms with Crippen molar-refractivity contribution in [3.8, 4) is 0 Å². The van der Waals surface area contributed by atoms with Gasteiger partial charge in [0.2, 0.25) is 5.91 Å². The molecule has 1 amide bonds. The molecule has 0 aliphatic heterocycles. The Morgan fingerprint density at radius 2 is 1.86 bits per heavy atom. The molecule has 2 rings (SSSR count). The lowest BCUT2D eigenvalue weighted by Gasteiger charge is -2.31. The third-order valence-corrected chi connectivity index (χ3v) is 4.58. The normalized spacial score (nSPS) is 18.7. The van der Waals surface area contributed by atoms with Gasteiger partial charge in [-0.2, -0.15) is 0 Å². The van der Waals surface area contributed by atoms with Crippen molar-refractivity contribution in [2.75, 3.05) is 6.54 Å². The predicted molar refractivity (Wildman–Crippen MR) is 86.7 cm³/mol. The first-order valence-electron chi connectivity index (χ1n) is 8.13. The molecule has 0 heterocycles. The highest BCUT2D eigenvalue weighted by atomic mass is 16.2. The monoisotopic (exact) mass is 288 g/mol. The van der Waals surface area contributed by atoms with Gasteiger partial charge in [0, 0.05) is 12.0 Å². The van der Waals surface area contributed by atoms with E-state index in [9.17, 15) is 4.79 Å². The second kappa shape index (κ2) is 7.08. The van der Waals surface area contributed by atoms with E-state index in [-0.39, 0.29) is 17.4 Å². The van der Waals surface area contributed by atoms with Crippen LogP contribution in [0.4, 0.5) is 0 Å². The zero-order valence-electron chi connectivity index (χ0n) is 13.3. The standard InChI is InChI=1S/C18H28N2O/c1-14(2)12-18(10-6-7-11-18)17(21)20-16(13-19)15-8-4-3-5-9-15/h3-5,8-9,14,16H,6-7,10-13,19H2,1-2H3,(H,20,21). The number of carbonyl (C=O) groups excluding carboxylic acids is 1. The summed E-state index contributed by atoms with van der Waals surface area (Å²) in [6, 6.07) is 9.94. The first-order valence-corrected chi connectivity index (χ1v) is 8.13. The largest absolute Gasteiger partial charge is 0.348 e. The fourth-order valence-corrected chi connectivity index (χ4v) is 3.63. The average Bonchev–Trinajstić information content (AvgIpc) is 2.94. The molecule has 0 bridgehead atoms. The third kappa shape index (κ3) is 3.85. The third-order valence-electron chi connectivity index (χ3n) is 4.58. The lowest BCUT2D eigenvalue weighted by Crippen LogP contribution is -2.43. The van der Waals surface area contributed by atoms with Gasteiger partial charge < -0.3 is 11.1 Å². The van der Waals surface area contributed by atoms with Crippen molar-refractivity contribution in [3.63, 3.8) is 0 Å². The first-order chi connectivity index (χ1) is 10.1. The van der Waals surface area contributed by atoms with Crippen molar-refractivity contribution in [1.29, 1.82) is 0 Å². The van der Waals surface area contributed by atoms with E-state index >= 15 is 0 Å². The summed E-state index contributed by atoms with van der Waals surface area (Å²) in [6.07, 6.45) is 5.34. The van der Waals surface area contributed by atoms with E-state index in [0.717, 1.165) is 24.8 Å². The summed E-state index contributed by atoms with van der Waals surface area (Å²) in [7, 11) is 0. The fraction of sp³-hybridized carbons (Fsp3) is 0.611. The number of benzene rings is 1. The fourth-order valence-electron chi connectivity index (χ4n) is 3.63. The van der Waals surface area contributed by atoms with Gasteiger partial charge in [-0.3, -0.25) is 4.79 Å². The van der Waals surface area contributed by atoms with Crippen LogP contribution in [0, 0.1) is 11.3 Å². The SMILES string of the molecule is CC(C)CC1(C(=O)NC(CN)c2ccccc2)CCCC1. The summed E-state index contributed by atoms with van der Waals surface area (Å²) in [5, 5.41) is 3.21. The number of nitrogens with one attached hydrogen (secondary N) is 1. The van der Waals surface area contributed by atoms with Gasteiger partial charge in [0.05, 0.1) is 6.04 Å². The summed E-state index contributed by atoms with van der Waals surface area (Å²) in [5.41, 5.74) is 6.80. The molecule has 1 unspecified atom stereocenters. The van der Waals surface area contributed by atoms with Crippen molar-refractivity contribution in [2.45, 2.75) is 52.0 Å². The molecule has 116 valence electrons. The van der Waals surface area contributed by atoms with E-state index in [0.29, 0.717) is 12.5 Å². The molecule has 1 aromatic rings. The van der Waals surface area contributed by atoms with E-state index in [4.69, 9.17) is 5.73 Å². The number of hydrogen-bond donors (Lipinski definition) is 2. The number of hydrogen-bond acceptors (Lipinski definition) is 2. The molecule has 21 heavy (non-hydrogen) atoms. The minimum atomic E-state index is -0.170. The molecule has 1 saturated carbocycles. The molecule has 0 aromatic heterocycles. The minimum Gasteiger partial charge on any atom is -0.348 e. The quantitative estimate of drug-likeness (QED) is 0.843. The Bertz CT molecular complexity index is 450. The highest BCUT2D eigenvalue weighted by Crippen LogP contribution is 2.43. The Morgan fingerprint density at radius 1 is 1.24 bits per heavy atom. The molecule has 3 nitrogen and oxygen atoms in total. The van der Waals surface area contributed by atoms with Gasteiger partial charge in [0.25, 0.3) is 0 Å². The van der Waals surface area contributed by atoms with E-state index in [2.05, 4.69) is 19.2 Å². The summed E-state index contributed by atoms with van der Waals surface area (Å²) in [6.45, 7) is 4.84. The Labute approximate surface area is 128 Å². The van der Waals surface area contributed by atoms with Gasteiger partial charge in [0.15, 0.2) is 0 Å². The molecule has 1 aliphatic carbocycles. The Hall–Kier alpha value is -1.35. The highest BCUT2D eigenvalue weighted by molar-refractivity contribution is 5.83. The molecule has 1 atom stereocenters. The van der Waals surface area contributed by atoms with Crippen LogP contribution in [0.1, 0.15) is 57.6 Å². The van der Waals surface area contributed by atoms with E-state index in [1.807, 2.05) is 30.3 Å². The smallest absolute Gasteiger partial charge is 0.226 e. The summed E-state index contributed by atoms with van der Waals surface area (Å²) in [5.74, 6) is 0.745. The number of carbonyl (C=O) groups is 1. The van der Waals surface area contributed by atoms with Crippen LogP contribution in [-0.2, 0) is 4.79 Å². The topological polar surface area (TPSA) is 55.1 Å². The van der Waals surface area contributed by atoms with Crippen LogP contribution < -0.4 is 11.1 Å². The molecule has 1 aliphatic rings. The summed E-state index contributed by atoms with van der Waals surface area (Å²) in [4.78, 5) is 12.9. The molecule has 1 aromatic carbocycles. The van der Waals surface area contributed by atoms with Crippen molar-refractivity contribution in [3.05, 3.63) is 35.9 Å². The minimum absolute atomic E-state index is 0.0802. The average molecular weight is 288 g/mol. The first kappa shape index (κ1) is 16.0. The second-order valence-corrected chi connectivity index (χ2v) is 6.76. The van der Waals surface area contributed by atoms with Crippen LogP contribution >= 0.6 is 0 Å². The van der Waals surface area contributed by atoms with Gasteiger partial charge in [-0.15, -0.1) is 0 Å². The molecule has 0 radical (unpaired) electrons. The Kier molecular flexibility index (Phi) is 5.40. The summed E-state index contributed by atoms with van der Waals surface area (Å²) >= 11 is 0. The van der Waals surface area contributed by atoms with Crippen molar-refractivity contribution in [2.24, 2.45) is 17.1 Å². The molecule has 0 spiro atoms. The molecular weight excluding hydrogens is 260 g/mol. The maximum Gasteiger partial charge on any atom is 0.226 e. The van der Waals surface area contributed by atoms with Crippen molar-refractivity contribution in [1.82, 2.24) is 5.32 Å². The molecule has 1 fully saturated rings. The zero-order valence-corrected chi connectivity index (χ0v) is 13.3. The maximum absolute atomic E-state index is 12.9. The van der Waals surface area contributed by atoms with E-state index in [1.54, 1.807) is 0 Å². The van der Waals surface area contributed by atoms with Gasteiger partial charge in [-0.05, 0) is 30.7 Å². The molecular formula is C18H28N2O. The van der Waals surface area contributed by atoms with Crippen LogP contribution in [0.25, 0.3) is 0 Å².